The molecule has 0 amide bonds. The summed E-state index contributed by atoms with van der Waals surface area (Å²) in [5.74, 6) is 4.97. The minimum Gasteiger partial charge on any atom is -0.422 e. The number of benzene rings is 1. The van der Waals surface area contributed by atoms with Gasteiger partial charge in [0.25, 0.3) is 0 Å². The molecule has 0 aliphatic heterocycles. The van der Waals surface area contributed by atoms with Crippen LogP contribution in [0.5, 0.6) is 0 Å². The average molecular weight is 193 g/mol. The molecule has 4 heteroatoms. The fraction of sp³-hybridized carbons (Fsp3) is 0.400. The minimum atomic E-state index is -1.02. The van der Waals surface area contributed by atoms with E-state index in [1.54, 1.807) is 0 Å². The van der Waals surface area contributed by atoms with Gasteiger partial charge in [0.05, 0.1) is 0 Å². The summed E-state index contributed by atoms with van der Waals surface area (Å²) in [4.78, 5) is 0. The molecule has 0 aromatic heterocycles. The lowest BCUT2D eigenvalue weighted by molar-refractivity contribution is 0.281. The Bertz CT molecular complexity index is 304. The fourth-order valence-electron chi connectivity index (χ4n) is 1.49. The summed E-state index contributed by atoms with van der Waals surface area (Å²) in [7, 11) is -1.02. The van der Waals surface area contributed by atoms with Gasteiger partial charge in [0.15, 0.2) is 0 Å². The van der Waals surface area contributed by atoms with Crippen LogP contribution in [0.4, 0.5) is 0 Å². The predicted octanol–water partition coefficient (Wildman–Crippen LogP) is 0.389. The van der Waals surface area contributed by atoms with Gasteiger partial charge in [-0.25, -0.2) is 5.90 Å². The average Bonchev–Trinajstić information content (AvgIpc) is 2.27. The van der Waals surface area contributed by atoms with Gasteiger partial charge < -0.3 is 9.78 Å². The number of aryl methyl sites for hydroxylation is 2. The summed E-state index contributed by atoms with van der Waals surface area (Å²) in [6.07, 6.45) is 1.80. The first-order valence-corrected chi connectivity index (χ1v) is 4.88. The molecule has 3 N–H and O–H groups in total. The standard InChI is InChI=1S/C10H16BNO2/c1-3-8-5-6-9(4-2)10(7-8)11(13)14-12/h5-7,13H,3-4,12H2,1-2H3. The third-order valence-electron chi connectivity index (χ3n) is 2.39. The zero-order valence-corrected chi connectivity index (χ0v) is 8.66. The van der Waals surface area contributed by atoms with Gasteiger partial charge in [0.2, 0.25) is 0 Å². The zero-order valence-electron chi connectivity index (χ0n) is 8.66. The molecule has 14 heavy (non-hydrogen) atoms. The van der Waals surface area contributed by atoms with E-state index in [-0.39, 0.29) is 0 Å². The van der Waals surface area contributed by atoms with E-state index in [0.717, 1.165) is 23.9 Å². The van der Waals surface area contributed by atoms with E-state index >= 15 is 0 Å². The molecule has 0 spiro atoms. The summed E-state index contributed by atoms with van der Waals surface area (Å²) in [6.45, 7) is 4.11. The molecular weight excluding hydrogens is 177 g/mol. The van der Waals surface area contributed by atoms with Gasteiger partial charge in [-0.05, 0) is 29.4 Å². The second kappa shape index (κ2) is 5.15. The van der Waals surface area contributed by atoms with Gasteiger partial charge in [-0.3, -0.25) is 0 Å². The lowest BCUT2D eigenvalue weighted by Crippen LogP contribution is -2.38. The van der Waals surface area contributed by atoms with E-state index in [2.05, 4.69) is 17.7 Å². The van der Waals surface area contributed by atoms with Crippen LogP contribution in [0, 0.1) is 0 Å². The van der Waals surface area contributed by atoms with Crippen molar-refractivity contribution in [3.05, 3.63) is 29.3 Å². The van der Waals surface area contributed by atoms with Crippen molar-refractivity contribution in [2.45, 2.75) is 26.7 Å². The normalized spacial score (nSPS) is 10.3. The van der Waals surface area contributed by atoms with Crippen LogP contribution < -0.4 is 11.4 Å². The SMILES string of the molecule is CCc1ccc(CC)c(B(O)ON)c1. The second-order valence-corrected chi connectivity index (χ2v) is 3.23. The summed E-state index contributed by atoms with van der Waals surface area (Å²) >= 11 is 0. The number of hydrogen-bond donors (Lipinski definition) is 2. The molecule has 0 radical (unpaired) electrons. The Morgan fingerprint density at radius 1 is 1.36 bits per heavy atom. The highest BCUT2D eigenvalue weighted by Gasteiger charge is 2.18. The van der Waals surface area contributed by atoms with Crippen molar-refractivity contribution in [3.63, 3.8) is 0 Å². The molecule has 0 saturated heterocycles. The maximum Gasteiger partial charge on any atom is 0.508 e. The highest BCUT2D eigenvalue weighted by Crippen LogP contribution is 2.04. The zero-order chi connectivity index (χ0) is 10.6. The van der Waals surface area contributed by atoms with Gasteiger partial charge in [-0.1, -0.05) is 32.0 Å². The first-order chi connectivity index (χ1) is 6.72. The van der Waals surface area contributed by atoms with Gasteiger partial charge in [-0.2, -0.15) is 0 Å². The molecule has 0 heterocycles. The quantitative estimate of drug-likeness (QED) is 0.537. The molecule has 0 fully saturated rings. The molecule has 0 bridgehead atoms. The van der Waals surface area contributed by atoms with Crippen molar-refractivity contribution in [2.75, 3.05) is 0 Å². The van der Waals surface area contributed by atoms with Crippen LogP contribution in [0.3, 0.4) is 0 Å². The third-order valence-corrected chi connectivity index (χ3v) is 2.39. The van der Waals surface area contributed by atoms with E-state index in [1.807, 2.05) is 19.1 Å². The molecule has 76 valence electrons. The van der Waals surface area contributed by atoms with Crippen molar-refractivity contribution in [1.29, 1.82) is 0 Å². The lowest BCUT2D eigenvalue weighted by Gasteiger charge is -2.10. The largest absolute Gasteiger partial charge is 0.508 e. The second-order valence-electron chi connectivity index (χ2n) is 3.23. The Balaban J connectivity index is 3.08. The summed E-state index contributed by atoms with van der Waals surface area (Å²) < 4.78 is 4.43. The van der Waals surface area contributed by atoms with E-state index in [4.69, 9.17) is 5.90 Å². The Morgan fingerprint density at radius 3 is 2.57 bits per heavy atom. The van der Waals surface area contributed by atoms with Crippen LogP contribution in [-0.4, -0.2) is 12.1 Å². The van der Waals surface area contributed by atoms with Gasteiger partial charge >= 0.3 is 7.12 Å². The first-order valence-electron chi connectivity index (χ1n) is 4.88. The highest BCUT2D eigenvalue weighted by atomic mass is 16.6. The summed E-state index contributed by atoms with van der Waals surface area (Å²) in [6, 6.07) is 6.01. The van der Waals surface area contributed by atoms with Crippen molar-refractivity contribution < 1.29 is 9.78 Å². The molecule has 1 aromatic rings. The maximum atomic E-state index is 9.51. The topological polar surface area (TPSA) is 55.5 Å². The number of hydrogen-bond acceptors (Lipinski definition) is 3. The van der Waals surface area contributed by atoms with Crippen molar-refractivity contribution in [2.24, 2.45) is 5.90 Å². The molecule has 0 aliphatic carbocycles. The van der Waals surface area contributed by atoms with Crippen molar-refractivity contribution in [1.82, 2.24) is 0 Å². The van der Waals surface area contributed by atoms with Crippen LogP contribution in [-0.2, 0) is 17.6 Å². The first kappa shape index (κ1) is 11.2. The molecular formula is C10H16BNO2. The van der Waals surface area contributed by atoms with Crippen LogP contribution >= 0.6 is 0 Å². The molecule has 0 unspecified atom stereocenters. The molecule has 0 atom stereocenters. The third kappa shape index (κ3) is 2.35. The van der Waals surface area contributed by atoms with E-state index < -0.39 is 7.12 Å². The minimum absolute atomic E-state index is 0.773. The maximum absolute atomic E-state index is 9.51. The lowest BCUT2D eigenvalue weighted by atomic mass is 9.75. The van der Waals surface area contributed by atoms with Gasteiger partial charge in [0.1, 0.15) is 0 Å². The van der Waals surface area contributed by atoms with Crippen LogP contribution in [0.1, 0.15) is 25.0 Å². The molecule has 1 aromatic carbocycles. The van der Waals surface area contributed by atoms with Gasteiger partial charge in [0, 0.05) is 0 Å². The Hall–Kier alpha value is -0.835. The number of nitrogens with two attached hydrogens (primary N) is 1. The van der Waals surface area contributed by atoms with Crippen LogP contribution in [0.2, 0.25) is 0 Å². The molecule has 3 nitrogen and oxygen atoms in total. The summed E-state index contributed by atoms with van der Waals surface area (Å²) in [5.41, 5.74) is 3.02. The monoisotopic (exact) mass is 193 g/mol. The van der Waals surface area contributed by atoms with Crippen molar-refractivity contribution in [3.8, 4) is 0 Å². The van der Waals surface area contributed by atoms with E-state index in [1.165, 1.54) is 5.56 Å². The van der Waals surface area contributed by atoms with Gasteiger partial charge in [-0.15, -0.1) is 0 Å². The predicted molar refractivity (Wildman–Crippen MR) is 58.1 cm³/mol. The summed E-state index contributed by atoms with van der Waals surface area (Å²) in [5, 5.41) is 9.51. The number of rotatable bonds is 4. The highest BCUT2D eigenvalue weighted by molar-refractivity contribution is 6.60. The van der Waals surface area contributed by atoms with Crippen LogP contribution in [0.25, 0.3) is 0 Å². The molecule has 0 aliphatic rings. The van der Waals surface area contributed by atoms with Crippen molar-refractivity contribution >= 4 is 12.6 Å². The Labute approximate surface area is 85.0 Å². The van der Waals surface area contributed by atoms with Crippen LogP contribution in [0.15, 0.2) is 18.2 Å². The molecule has 1 rings (SSSR count). The fourth-order valence-corrected chi connectivity index (χ4v) is 1.49. The van der Waals surface area contributed by atoms with E-state index in [0.29, 0.717) is 0 Å². The van der Waals surface area contributed by atoms with E-state index in [9.17, 15) is 5.02 Å². The Morgan fingerprint density at radius 2 is 2.07 bits per heavy atom. The Kier molecular flexibility index (Phi) is 4.13. The smallest absolute Gasteiger partial charge is 0.422 e. The molecule has 0 saturated carbocycles.